The Bertz CT molecular complexity index is 971. The minimum Gasteiger partial charge on any atom is -0.326 e. The topological polar surface area (TPSA) is 84.0 Å². The minimum absolute atomic E-state index is 0.0221. The van der Waals surface area contributed by atoms with Gasteiger partial charge in [0.05, 0.1) is 0 Å². The van der Waals surface area contributed by atoms with Crippen LogP contribution < -0.4 is 10.6 Å². The number of aromatic nitrogens is 2. The van der Waals surface area contributed by atoms with Crippen molar-refractivity contribution in [2.45, 2.75) is 32.6 Å². The molecule has 0 aliphatic heterocycles. The zero-order valence-corrected chi connectivity index (χ0v) is 17.5. The second-order valence-electron chi connectivity index (χ2n) is 6.49. The number of rotatable bonds is 8. The van der Waals surface area contributed by atoms with E-state index in [0.29, 0.717) is 34.2 Å². The normalized spacial score (nSPS) is 10.6. The predicted octanol–water partition coefficient (Wildman–Crippen LogP) is 5.16. The third-order valence-corrected chi connectivity index (χ3v) is 5.23. The second kappa shape index (κ2) is 10.1. The first-order valence-corrected chi connectivity index (χ1v) is 10.5. The molecule has 150 valence electrons. The molecule has 3 rings (SSSR count). The van der Waals surface area contributed by atoms with Gasteiger partial charge in [0.2, 0.25) is 11.0 Å². The van der Waals surface area contributed by atoms with Crippen LogP contribution in [0.25, 0.3) is 0 Å². The highest BCUT2D eigenvalue weighted by atomic mass is 35.5. The lowest BCUT2D eigenvalue weighted by molar-refractivity contribution is -0.116. The van der Waals surface area contributed by atoms with Crippen molar-refractivity contribution >= 4 is 45.6 Å². The van der Waals surface area contributed by atoms with E-state index in [-0.39, 0.29) is 11.8 Å². The van der Waals surface area contributed by atoms with E-state index >= 15 is 0 Å². The molecule has 0 aliphatic carbocycles. The number of hydrogen-bond donors (Lipinski definition) is 2. The molecule has 2 N–H and O–H groups in total. The Balaban J connectivity index is 1.55. The molecule has 8 heteroatoms. The molecule has 0 aliphatic rings. The largest absolute Gasteiger partial charge is 0.326 e. The van der Waals surface area contributed by atoms with Crippen LogP contribution in [0.1, 0.15) is 47.1 Å². The van der Waals surface area contributed by atoms with Crippen molar-refractivity contribution in [1.29, 1.82) is 0 Å². The van der Waals surface area contributed by atoms with Crippen molar-refractivity contribution in [3.8, 4) is 0 Å². The number of amides is 2. The fourth-order valence-electron chi connectivity index (χ4n) is 2.59. The Labute approximate surface area is 178 Å². The number of anilines is 2. The van der Waals surface area contributed by atoms with E-state index in [4.69, 9.17) is 11.6 Å². The first-order valence-electron chi connectivity index (χ1n) is 9.31. The van der Waals surface area contributed by atoms with E-state index in [9.17, 15) is 9.59 Å². The number of carbonyl (C=O) groups is 2. The molecule has 0 saturated heterocycles. The molecule has 0 fully saturated rings. The highest BCUT2D eigenvalue weighted by Crippen LogP contribution is 2.20. The molecule has 0 unspecified atom stereocenters. The van der Waals surface area contributed by atoms with Gasteiger partial charge < -0.3 is 5.32 Å². The minimum atomic E-state index is -0.275. The molecule has 1 aromatic heterocycles. The van der Waals surface area contributed by atoms with Crippen molar-refractivity contribution in [3.63, 3.8) is 0 Å². The monoisotopic (exact) mass is 428 g/mol. The van der Waals surface area contributed by atoms with Crippen molar-refractivity contribution in [1.82, 2.24) is 10.2 Å². The maximum absolute atomic E-state index is 12.4. The fraction of sp³-hybridized carbons (Fsp3) is 0.238. The van der Waals surface area contributed by atoms with E-state index in [0.717, 1.165) is 23.4 Å². The van der Waals surface area contributed by atoms with E-state index in [1.807, 2.05) is 31.2 Å². The van der Waals surface area contributed by atoms with Gasteiger partial charge >= 0.3 is 0 Å². The van der Waals surface area contributed by atoms with Crippen LogP contribution in [0.3, 0.4) is 0 Å². The van der Waals surface area contributed by atoms with Gasteiger partial charge in [-0.3, -0.25) is 14.9 Å². The molecular formula is C21H21ClN4O2S. The lowest BCUT2D eigenvalue weighted by Gasteiger charge is -2.06. The molecule has 0 saturated carbocycles. The molecule has 0 atom stereocenters. The summed E-state index contributed by atoms with van der Waals surface area (Å²) in [6.45, 7) is 2.04. The smallest absolute Gasteiger partial charge is 0.257 e. The van der Waals surface area contributed by atoms with Gasteiger partial charge in [-0.05, 0) is 48.4 Å². The van der Waals surface area contributed by atoms with Gasteiger partial charge in [-0.15, -0.1) is 10.2 Å². The molecule has 0 spiro atoms. The molecule has 3 aromatic rings. The highest BCUT2D eigenvalue weighted by Gasteiger charge is 2.11. The summed E-state index contributed by atoms with van der Waals surface area (Å²) >= 11 is 7.23. The number of benzene rings is 2. The summed E-state index contributed by atoms with van der Waals surface area (Å²) in [5.74, 6) is -0.297. The van der Waals surface area contributed by atoms with Crippen LogP contribution in [0, 0.1) is 0 Å². The molecule has 2 aromatic carbocycles. The molecule has 0 radical (unpaired) electrons. The average molecular weight is 429 g/mol. The molecular weight excluding hydrogens is 408 g/mol. The summed E-state index contributed by atoms with van der Waals surface area (Å²) in [6, 6.07) is 14.3. The lowest BCUT2D eigenvalue weighted by Crippen LogP contribution is -2.13. The zero-order valence-electron chi connectivity index (χ0n) is 15.9. The summed E-state index contributed by atoms with van der Waals surface area (Å²) in [5, 5.41) is 15.7. The van der Waals surface area contributed by atoms with Crippen LogP contribution in [0.15, 0.2) is 48.5 Å². The van der Waals surface area contributed by atoms with Gasteiger partial charge in [-0.2, -0.15) is 0 Å². The van der Waals surface area contributed by atoms with E-state index < -0.39 is 0 Å². The Morgan fingerprint density at radius 3 is 2.41 bits per heavy atom. The number of nitrogens with zero attached hydrogens (tertiary/aromatic N) is 2. The number of unbranched alkanes of at least 4 members (excludes halogenated alkanes) is 1. The van der Waals surface area contributed by atoms with Crippen LogP contribution in [-0.4, -0.2) is 22.0 Å². The fourth-order valence-corrected chi connectivity index (χ4v) is 3.48. The van der Waals surface area contributed by atoms with Gasteiger partial charge in [0.1, 0.15) is 5.01 Å². The first-order chi connectivity index (χ1) is 14.0. The van der Waals surface area contributed by atoms with E-state index in [1.165, 1.54) is 11.3 Å². The first kappa shape index (κ1) is 21.0. The van der Waals surface area contributed by atoms with Crippen molar-refractivity contribution in [2.75, 3.05) is 10.6 Å². The molecule has 1 heterocycles. The molecule has 0 bridgehead atoms. The van der Waals surface area contributed by atoms with Gasteiger partial charge in [0.15, 0.2) is 0 Å². The average Bonchev–Trinajstić information content (AvgIpc) is 3.15. The Morgan fingerprint density at radius 2 is 1.72 bits per heavy atom. The Morgan fingerprint density at radius 1 is 1.00 bits per heavy atom. The third-order valence-electron chi connectivity index (χ3n) is 4.14. The highest BCUT2D eigenvalue weighted by molar-refractivity contribution is 7.15. The van der Waals surface area contributed by atoms with Crippen molar-refractivity contribution in [2.24, 2.45) is 0 Å². The third kappa shape index (κ3) is 6.37. The molecule has 2 amide bonds. The quantitative estimate of drug-likeness (QED) is 0.518. The zero-order chi connectivity index (χ0) is 20.6. The lowest BCUT2D eigenvalue weighted by atomic mass is 10.2. The SMILES string of the molecule is CCCCC(=O)Nc1ccc(C(=O)Nc2nnc(Cc3ccc(Cl)cc3)s2)cc1. The van der Waals surface area contributed by atoms with E-state index in [1.54, 1.807) is 24.3 Å². The Kier molecular flexibility index (Phi) is 7.32. The van der Waals surface area contributed by atoms with Crippen LogP contribution >= 0.6 is 22.9 Å². The van der Waals surface area contributed by atoms with Crippen LogP contribution in [0.4, 0.5) is 10.8 Å². The van der Waals surface area contributed by atoms with Crippen molar-refractivity contribution < 1.29 is 9.59 Å². The van der Waals surface area contributed by atoms with Crippen molar-refractivity contribution in [3.05, 3.63) is 69.7 Å². The van der Waals surface area contributed by atoms with Crippen LogP contribution in [0.5, 0.6) is 0 Å². The van der Waals surface area contributed by atoms with Crippen LogP contribution in [0.2, 0.25) is 5.02 Å². The van der Waals surface area contributed by atoms with E-state index in [2.05, 4.69) is 20.8 Å². The van der Waals surface area contributed by atoms with Gasteiger partial charge in [0.25, 0.3) is 5.91 Å². The maximum Gasteiger partial charge on any atom is 0.257 e. The van der Waals surface area contributed by atoms with Gasteiger partial charge in [-0.25, -0.2) is 0 Å². The summed E-state index contributed by atoms with van der Waals surface area (Å²) in [7, 11) is 0. The predicted molar refractivity (Wildman–Crippen MR) is 117 cm³/mol. The number of hydrogen-bond acceptors (Lipinski definition) is 5. The Hall–Kier alpha value is -2.77. The summed E-state index contributed by atoms with van der Waals surface area (Å²) in [5.41, 5.74) is 2.22. The maximum atomic E-state index is 12.4. The number of halogens is 1. The summed E-state index contributed by atoms with van der Waals surface area (Å²) in [6.07, 6.45) is 2.94. The van der Waals surface area contributed by atoms with Crippen LogP contribution in [-0.2, 0) is 11.2 Å². The molecule has 6 nitrogen and oxygen atoms in total. The second-order valence-corrected chi connectivity index (χ2v) is 7.99. The summed E-state index contributed by atoms with van der Waals surface area (Å²) < 4.78 is 0. The summed E-state index contributed by atoms with van der Waals surface area (Å²) in [4.78, 5) is 24.2. The number of nitrogens with one attached hydrogen (secondary N) is 2. The van der Waals surface area contributed by atoms with Gasteiger partial charge in [0, 0.05) is 29.1 Å². The standard InChI is InChI=1S/C21H21ClN4O2S/c1-2-3-4-18(27)23-17-11-7-15(8-12-17)20(28)24-21-26-25-19(29-21)13-14-5-9-16(22)10-6-14/h5-12H,2-4,13H2,1H3,(H,23,27)(H,24,26,28). The molecule has 29 heavy (non-hydrogen) atoms. The number of carbonyl (C=O) groups excluding carboxylic acids is 2. The van der Waals surface area contributed by atoms with Gasteiger partial charge in [-0.1, -0.05) is 48.4 Å².